The maximum absolute atomic E-state index is 11.9. The molecule has 1 aliphatic heterocycles. The van der Waals surface area contributed by atoms with E-state index in [0.29, 0.717) is 5.69 Å². The molecule has 0 aromatic carbocycles. The first-order valence-electron chi connectivity index (χ1n) is 6.31. The molecule has 2 heterocycles. The molecule has 1 aliphatic rings. The lowest BCUT2D eigenvalue weighted by Gasteiger charge is -2.17. The Morgan fingerprint density at radius 1 is 1.62 bits per heavy atom. The number of ether oxygens (including phenoxy) is 1. The summed E-state index contributed by atoms with van der Waals surface area (Å²) in [6.45, 7) is -0.321. The molecule has 114 valence electrons. The fraction of sp³-hybridized carbons (Fsp3) is 0.636. The Labute approximate surface area is 119 Å². The molecule has 2 N–H and O–H groups in total. The van der Waals surface area contributed by atoms with Gasteiger partial charge in [0.1, 0.15) is 11.9 Å². The predicted molar refractivity (Wildman–Crippen MR) is 74.2 cm³/mol. The minimum absolute atomic E-state index is 0.244. The summed E-state index contributed by atoms with van der Waals surface area (Å²) >= 11 is 0. The maximum Gasteiger partial charge on any atom is 0.330 e. The van der Waals surface area contributed by atoms with Crippen molar-refractivity contribution in [1.29, 1.82) is 0 Å². The zero-order chi connectivity index (χ0) is 15.6. The molecule has 1 aromatic heterocycles. The van der Waals surface area contributed by atoms with Crippen molar-refractivity contribution in [3.05, 3.63) is 37.5 Å². The van der Waals surface area contributed by atoms with Crippen LogP contribution < -0.4 is 16.1 Å². The number of aliphatic hydroxyl groups excluding tert-OH is 1. The Hall–Kier alpha value is -2.29. The van der Waals surface area contributed by atoms with E-state index in [2.05, 4.69) is 15.0 Å². The molecule has 0 radical (unpaired) electrons. The number of hydrogen-bond donors (Lipinski definition) is 2. The third-order valence-corrected chi connectivity index (χ3v) is 3.33. The smallest absolute Gasteiger partial charge is 0.330 e. The summed E-state index contributed by atoms with van der Waals surface area (Å²) in [7, 11) is 3.35. The Kier molecular flexibility index (Phi) is 4.32. The lowest BCUT2D eigenvalue weighted by atomic mass is 10.1. The van der Waals surface area contributed by atoms with Gasteiger partial charge in [0.2, 0.25) is 0 Å². The highest BCUT2D eigenvalue weighted by molar-refractivity contribution is 5.39. The van der Waals surface area contributed by atoms with Gasteiger partial charge in [-0.1, -0.05) is 5.11 Å². The Balaban J connectivity index is 2.39. The van der Waals surface area contributed by atoms with E-state index >= 15 is 0 Å². The van der Waals surface area contributed by atoms with Crippen molar-refractivity contribution in [3.8, 4) is 0 Å². The highest BCUT2D eigenvalue weighted by Crippen LogP contribution is 2.30. The predicted octanol–water partition coefficient (Wildman–Crippen LogP) is -0.439. The molecular formula is C11H16N6O4. The van der Waals surface area contributed by atoms with E-state index in [-0.39, 0.29) is 13.0 Å². The first kappa shape index (κ1) is 15.1. The van der Waals surface area contributed by atoms with Crippen LogP contribution in [0.25, 0.3) is 10.4 Å². The lowest BCUT2D eigenvalue weighted by molar-refractivity contribution is -0.0270. The fourth-order valence-electron chi connectivity index (χ4n) is 2.25. The number of H-pyrrole nitrogens is 1. The first-order valence-corrected chi connectivity index (χ1v) is 6.31. The van der Waals surface area contributed by atoms with E-state index in [9.17, 15) is 14.7 Å². The largest absolute Gasteiger partial charge is 0.394 e. The second-order valence-corrected chi connectivity index (χ2v) is 4.90. The van der Waals surface area contributed by atoms with Gasteiger partial charge < -0.3 is 14.7 Å². The van der Waals surface area contributed by atoms with Gasteiger partial charge >= 0.3 is 5.69 Å². The van der Waals surface area contributed by atoms with Crippen molar-refractivity contribution < 1.29 is 9.84 Å². The van der Waals surface area contributed by atoms with Gasteiger partial charge in [0.05, 0.1) is 18.8 Å². The lowest BCUT2D eigenvalue weighted by Crippen LogP contribution is -2.35. The monoisotopic (exact) mass is 296 g/mol. The summed E-state index contributed by atoms with van der Waals surface area (Å²) in [5.41, 5.74) is 7.69. The van der Waals surface area contributed by atoms with Crippen molar-refractivity contribution in [1.82, 2.24) is 9.55 Å². The molecule has 0 spiro atoms. The highest BCUT2D eigenvalue weighted by atomic mass is 16.5. The minimum Gasteiger partial charge on any atom is -0.394 e. The number of nitrogens with zero attached hydrogens (tertiary/aromatic N) is 5. The van der Waals surface area contributed by atoms with E-state index < -0.39 is 29.6 Å². The number of aliphatic hydroxyl groups is 1. The first-order chi connectivity index (χ1) is 9.97. The Morgan fingerprint density at radius 2 is 2.33 bits per heavy atom. The average Bonchev–Trinajstić information content (AvgIpc) is 2.81. The minimum atomic E-state index is -0.708. The number of aromatic amines is 1. The van der Waals surface area contributed by atoms with E-state index in [0.717, 1.165) is 0 Å². The molecule has 1 fully saturated rings. The molecule has 1 aromatic rings. The summed E-state index contributed by atoms with van der Waals surface area (Å²) in [6.07, 6.45) is 0.251. The van der Waals surface area contributed by atoms with Crippen LogP contribution in [-0.4, -0.2) is 47.5 Å². The molecule has 1 saturated heterocycles. The van der Waals surface area contributed by atoms with Gasteiger partial charge in [-0.2, -0.15) is 0 Å². The highest BCUT2D eigenvalue weighted by Gasteiger charge is 2.35. The topological polar surface area (TPSA) is 136 Å². The zero-order valence-electron chi connectivity index (χ0n) is 11.6. The van der Waals surface area contributed by atoms with Crippen LogP contribution >= 0.6 is 0 Å². The zero-order valence-corrected chi connectivity index (χ0v) is 11.6. The van der Waals surface area contributed by atoms with Crippen LogP contribution in [0.5, 0.6) is 0 Å². The molecule has 3 atom stereocenters. The third kappa shape index (κ3) is 2.92. The van der Waals surface area contributed by atoms with Crippen molar-refractivity contribution in [3.63, 3.8) is 0 Å². The van der Waals surface area contributed by atoms with Crippen LogP contribution in [-0.2, 0) is 4.74 Å². The standard InChI is InChI=1S/C11H16N6O4/c1-16(2)7-4-17(11(20)13-10(7)19)9-3-6(14-15-12)8(5-18)21-9/h4,6,8-9,18H,3,5H2,1-2H3,(H,13,19,20)/t6?,8-,9-/m0/s1. The van der Waals surface area contributed by atoms with Gasteiger partial charge in [-0.3, -0.25) is 14.3 Å². The molecule has 10 nitrogen and oxygen atoms in total. The number of hydrogen-bond acceptors (Lipinski definition) is 6. The number of anilines is 1. The number of nitrogens with one attached hydrogen (secondary N) is 1. The van der Waals surface area contributed by atoms with Crippen LogP contribution in [0.4, 0.5) is 5.69 Å². The van der Waals surface area contributed by atoms with Crippen LogP contribution in [0, 0.1) is 0 Å². The van der Waals surface area contributed by atoms with Gasteiger partial charge in [-0.15, -0.1) is 0 Å². The summed E-state index contributed by atoms with van der Waals surface area (Å²) in [6, 6.07) is -0.563. The van der Waals surface area contributed by atoms with Crippen molar-refractivity contribution in [2.75, 3.05) is 25.6 Å². The summed E-state index contributed by atoms with van der Waals surface area (Å²) in [5, 5.41) is 12.8. The second-order valence-electron chi connectivity index (χ2n) is 4.90. The van der Waals surface area contributed by atoms with Gasteiger partial charge in [0.25, 0.3) is 5.56 Å². The second kappa shape index (κ2) is 6.00. The molecule has 0 amide bonds. The maximum atomic E-state index is 11.9. The quantitative estimate of drug-likeness (QED) is 0.441. The Morgan fingerprint density at radius 3 is 2.90 bits per heavy atom. The van der Waals surface area contributed by atoms with E-state index in [1.807, 2.05) is 0 Å². The van der Waals surface area contributed by atoms with Crippen molar-refractivity contribution >= 4 is 5.69 Å². The van der Waals surface area contributed by atoms with E-state index in [4.69, 9.17) is 10.3 Å². The van der Waals surface area contributed by atoms with Crippen LogP contribution in [0.2, 0.25) is 0 Å². The van der Waals surface area contributed by atoms with Crippen LogP contribution in [0.15, 0.2) is 20.9 Å². The molecule has 0 saturated carbocycles. The van der Waals surface area contributed by atoms with Crippen LogP contribution in [0.1, 0.15) is 12.6 Å². The van der Waals surface area contributed by atoms with Gasteiger partial charge in [-0.05, 0) is 5.53 Å². The SMILES string of the molecule is CN(C)c1cn([C@@H]2CC(N=[N+]=[N-])[C@H](CO)O2)c(=O)[nH]c1=O. The normalized spacial score (nSPS) is 24.6. The van der Waals surface area contributed by atoms with E-state index in [1.165, 1.54) is 10.8 Å². The number of rotatable bonds is 4. The van der Waals surface area contributed by atoms with E-state index in [1.54, 1.807) is 19.0 Å². The molecule has 1 unspecified atom stereocenters. The third-order valence-electron chi connectivity index (χ3n) is 3.33. The van der Waals surface area contributed by atoms with Gasteiger partial charge in [-0.25, -0.2) is 4.79 Å². The van der Waals surface area contributed by atoms with Gasteiger partial charge in [0.15, 0.2) is 0 Å². The number of aromatic nitrogens is 2. The summed E-state index contributed by atoms with van der Waals surface area (Å²) < 4.78 is 6.75. The number of azide groups is 1. The molecule has 0 aliphatic carbocycles. The molecule has 21 heavy (non-hydrogen) atoms. The summed E-state index contributed by atoms with van der Waals surface area (Å²) in [5.74, 6) is 0. The van der Waals surface area contributed by atoms with Crippen molar-refractivity contribution in [2.45, 2.75) is 24.8 Å². The molecular weight excluding hydrogens is 280 g/mol. The van der Waals surface area contributed by atoms with Crippen molar-refractivity contribution in [2.24, 2.45) is 5.11 Å². The average molecular weight is 296 g/mol. The fourth-order valence-corrected chi connectivity index (χ4v) is 2.25. The molecule has 2 rings (SSSR count). The molecule has 0 bridgehead atoms. The van der Waals surface area contributed by atoms with Gasteiger partial charge in [0, 0.05) is 31.6 Å². The Bertz CT molecular complexity index is 674. The van der Waals surface area contributed by atoms with Crippen LogP contribution in [0.3, 0.4) is 0 Å². The molecule has 10 heteroatoms. The summed E-state index contributed by atoms with van der Waals surface area (Å²) in [4.78, 5) is 30.1.